The summed E-state index contributed by atoms with van der Waals surface area (Å²) >= 11 is 7.85. The van der Waals surface area contributed by atoms with Gasteiger partial charge in [-0.2, -0.15) is 0 Å². The maximum atomic E-state index is 12.2. The Bertz CT molecular complexity index is 1150. The van der Waals surface area contributed by atoms with Crippen molar-refractivity contribution in [2.75, 3.05) is 0 Å². The predicted octanol–water partition coefficient (Wildman–Crippen LogP) is 4.82. The Balaban J connectivity index is 1.69. The molecule has 0 N–H and O–H groups in total. The van der Waals surface area contributed by atoms with Crippen molar-refractivity contribution < 1.29 is 19.1 Å². The number of cyclic esters (lactones) is 1. The van der Waals surface area contributed by atoms with Crippen molar-refractivity contribution in [3.63, 3.8) is 0 Å². The Hall–Kier alpha value is -2.96. The maximum absolute atomic E-state index is 12.2. The summed E-state index contributed by atoms with van der Waals surface area (Å²) in [5.41, 5.74) is 0.812. The van der Waals surface area contributed by atoms with E-state index in [4.69, 9.17) is 21.1 Å². The van der Waals surface area contributed by atoms with E-state index in [1.807, 2.05) is 24.3 Å². The van der Waals surface area contributed by atoms with Gasteiger partial charge in [0.1, 0.15) is 10.6 Å². The number of carbonyl (C=O) groups excluding carboxylic acids is 2. The van der Waals surface area contributed by atoms with E-state index < -0.39 is 11.9 Å². The summed E-state index contributed by atoms with van der Waals surface area (Å²) in [5.74, 6) is -0.398. The summed E-state index contributed by atoms with van der Waals surface area (Å²) in [4.78, 5) is 28.2. The van der Waals surface area contributed by atoms with Crippen molar-refractivity contribution in [3.05, 3.63) is 69.7 Å². The minimum atomic E-state index is -0.559. The molecule has 1 aliphatic heterocycles. The van der Waals surface area contributed by atoms with Crippen LogP contribution in [0.3, 0.4) is 0 Å². The number of nitrogens with zero attached hydrogens (tertiary/aromatic N) is 1. The molecule has 2 heterocycles. The normalized spacial score (nSPS) is 15.1. The molecule has 4 rings (SSSR count). The molecule has 1 aromatic heterocycles. The number of hydrogen-bond donors (Lipinski definition) is 0. The largest absolute Gasteiger partial charge is 0.427 e. The monoisotopic (exact) mass is 397 g/mol. The van der Waals surface area contributed by atoms with E-state index in [1.54, 1.807) is 30.3 Å². The molecule has 0 saturated carbocycles. The second kappa shape index (κ2) is 6.98. The molecule has 0 saturated heterocycles. The minimum Gasteiger partial charge on any atom is -0.427 e. The fourth-order valence-electron chi connectivity index (χ4n) is 2.65. The third-order valence-corrected chi connectivity index (χ3v) is 5.44. The van der Waals surface area contributed by atoms with Gasteiger partial charge in [-0.1, -0.05) is 41.9 Å². The number of carbonyl (C=O) groups is 2. The van der Waals surface area contributed by atoms with E-state index in [0.29, 0.717) is 21.2 Å². The number of thiophene rings is 1. The van der Waals surface area contributed by atoms with E-state index in [9.17, 15) is 9.59 Å². The summed E-state index contributed by atoms with van der Waals surface area (Å²) in [5, 5.41) is 1.41. The molecule has 2 aromatic carbocycles. The number of aliphatic imine (C=N–C) groups is 1. The molecular weight excluding hydrogens is 386 g/mol. The highest BCUT2D eigenvalue weighted by Crippen LogP contribution is 2.37. The first-order valence-electron chi connectivity index (χ1n) is 8.00. The van der Waals surface area contributed by atoms with Crippen LogP contribution in [0.4, 0.5) is 0 Å². The number of hydrogen-bond acceptors (Lipinski definition) is 6. The molecule has 0 amide bonds. The Morgan fingerprint density at radius 2 is 2.04 bits per heavy atom. The number of halogens is 1. The van der Waals surface area contributed by atoms with E-state index in [0.717, 1.165) is 10.1 Å². The highest BCUT2D eigenvalue weighted by Gasteiger charge is 2.27. The molecule has 5 nitrogen and oxygen atoms in total. The van der Waals surface area contributed by atoms with Crippen LogP contribution in [0.15, 0.2) is 59.2 Å². The molecule has 0 atom stereocenters. The Morgan fingerprint density at radius 3 is 2.81 bits per heavy atom. The van der Waals surface area contributed by atoms with Crippen molar-refractivity contribution in [1.29, 1.82) is 0 Å². The molecule has 0 bridgehead atoms. The minimum absolute atomic E-state index is 0.151. The lowest BCUT2D eigenvalue weighted by Crippen LogP contribution is -2.04. The Kier molecular flexibility index (Phi) is 4.51. The van der Waals surface area contributed by atoms with Gasteiger partial charge in [0.15, 0.2) is 5.70 Å². The van der Waals surface area contributed by atoms with E-state index in [1.165, 1.54) is 18.3 Å². The van der Waals surface area contributed by atoms with Crippen molar-refractivity contribution in [2.45, 2.75) is 6.92 Å². The van der Waals surface area contributed by atoms with Crippen LogP contribution in [0.1, 0.15) is 17.4 Å². The zero-order valence-corrected chi connectivity index (χ0v) is 15.6. The molecule has 27 heavy (non-hydrogen) atoms. The highest BCUT2D eigenvalue weighted by molar-refractivity contribution is 7.21. The number of esters is 2. The summed E-state index contributed by atoms with van der Waals surface area (Å²) in [6.45, 7) is 1.32. The topological polar surface area (TPSA) is 65.0 Å². The van der Waals surface area contributed by atoms with Crippen LogP contribution in [0.2, 0.25) is 5.02 Å². The third kappa shape index (κ3) is 3.49. The first-order chi connectivity index (χ1) is 13.0. The number of fused-ring (bicyclic) bond motifs is 1. The summed E-state index contributed by atoms with van der Waals surface area (Å²) in [7, 11) is 0. The second-order valence-corrected chi connectivity index (χ2v) is 7.17. The van der Waals surface area contributed by atoms with Gasteiger partial charge in [-0.3, -0.25) is 4.79 Å². The summed E-state index contributed by atoms with van der Waals surface area (Å²) < 4.78 is 11.4. The first kappa shape index (κ1) is 17.5. The van der Waals surface area contributed by atoms with Crippen LogP contribution in [0, 0.1) is 0 Å². The van der Waals surface area contributed by atoms with Crippen LogP contribution in [0.25, 0.3) is 16.2 Å². The van der Waals surface area contributed by atoms with E-state index in [2.05, 4.69) is 4.99 Å². The van der Waals surface area contributed by atoms with Gasteiger partial charge in [-0.25, -0.2) is 9.79 Å². The van der Waals surface area contributed by atoms with Crippen LogP contribution >= 0.6 is 22.9 Å². The van der Waals surface area contributed by atoms with Crippen LogP contribution in [-0.2, 0) is 14.3 Å². The van der Waals surface area contributed by atoms with Crippen LogP contribution < -0.4 is 4.74 Å². The van der Waals surface area contributed by atoms with Gasteiger partial charge in [0.25, 0.3) is 0 Å². The van der Waals surface area contributed by atoms with Gasteiger partial charge >= 0.3 is 11.9 Å². The van der Waals surface area contributed by atoms with Gasteiger partial charge in [0, 0.05) is 17.0 Å². The van der Waals surface area contributed by atoms with E-state index in [-0.39, 0.29) is 11.6 Å². The molecular formula is C20H12ClNO4S. The molecule has 0 fully saturated rings. The van der Waals surface area contributed by atoms with Gasteiger partial charge < -0.3 is 9.47 Å². The van der Waals surface area contributed by atoms with Crippen molar-refractivity contribution in [3.8, 4) is 5.75 Å². The smallest absolute Gasteiger partial charge is 0.363 e. The molecule has 0 radical (unpaired) electrons. The number of benzene rings is 2. The standard InChI is InChI=1S/C20H12ClNO4S/c1-11(23)25-13-6-4-5-12(9-13)10-15-20(24)26-19(22-15)18-17(21)14-7-2-3-8-16(14)27-18/h2-10H,1H3/b15-10-. The lowest BCUT2D eigenvalue weighted by atomic mass is 10.2. The number of rotatable bonds is 3. The van der Waals surface area contributed by atoms with Crippen LogP contribution in [0.5, 0.6) is 5.75 Å². The average molecular weight is 398 g/mol. The predicted molar refractivity (Wildman–Crippen MR) is 105 cm³/mol. The molecule has 134 valence electrons. The zero-order valence-electron chi connectivity index (χ0n) is 14.1. The fraction of sp³-hybridized carbons (Fsp3) is 0.0500. The molecule has 3 aromatic rings. The van der Waals surface area contributed by atoms with Gasteiger partial charge in [0.05, 0.1) is 5.02 Å². The molecule has 7 heteroatoms. The number of ether oxygens (including phenoxy) is 2. The molecule has 0 spiro atoms. The quantitative estimate of drug-likeness (QED) is 0.361. The maximum Gasteiger partial charge on any atom is 0.363 e. The van der Waals surface area contributed by atoms with Crippen molar-refractivity contribution >= 4 is 56.9 Å². The average Bonchev–Trinajstić information content (AvgIpc) is 3.15. The highest BCUT2D eigenvalue weighted by atomic mass is 35.5. The second-order valence-electron chi connectivity index (χ2n) is 5.74. The third-order valence-electron chi connectivity index (χ3n) is 3.77. The van der Waals surface area contributed by atoms with E-state index >= 15 is 0 Å². The lowest BCUT2D eigenvalue weighted by molar-refractivity contribution is -0.132. The van der Waals surface area contributed by atoms with Crippen molar-refractivity contribution in [2.24, 2.45) is 4.99 Å². The molecule has 1 aliphatic rings. The Morgan fingerprint density at radius 1 is 1.22 bits per heavy atom. The fourth-order valence-corrected chi connectivity index (χ4v) is 4.09. The van der Waals surface area contributed by atoms with Gasteiger partial charge in [-0.05, 0) is 29.8 Å². The summed E-state index contributed by atoms with van der Waals surface area (Å²) in [6.07, 6.45) is 1.57. The SMILES string of the molecule is CC(=O)Oc1cccc(/C=C2\N=C(c3sc4ccccc4c3Cl)OC2=O)c1. The van der Waals surface area contributed by atoms with Gasteiger partial charge in [-0.15, -0.1) is 11.3 Å². The van der Waals surface area contributed by atoms with Crippen LogP contribution in [-0.4, -0.2) is 17.8 Å². The summed E-state index contributed by atoms with van der Waals surface area (Å²) in [6, 6.07) is 14.5. The zero-order chi connectivity index (χ0) is 19.0. The van der Waals surface area contributed by atoms with Crippen molar-refractivity contribution in [1.82, 2.24) is 0 Å². The first-order valence-corrected chi connectivity index (χ1v) is 9.19. The molecule has 0 aliphatic carbocycles. The van der Waals surface area contributed by atoms with Gasteiger partial charge in [0.2, 0.25) is 5.90 Å². The lowest BCUT2D eigenvalue weighted by Gasteiger charge is -2.01. The molecule has 0 unspecified atom stereocenters. The Labute approximate surface area is 163 Å².